The molecule has 1 aromatic heterocycles. The lowest BCUT2D eigenvalue weighted by Gasteiger charge is -2.27. The molecule has 7 heteroatoms. The third-order valence-corrected chi connectivity index (χ3v) is 8.91. The Labute approximate surface area is 163 Å². The number of carbonyl (C=O) groups is 1. The zero-order chi connectivity index (χ0) is 19.1. The van der Waals surface area contributed by atoms with E-state index in [-0.39, 0.29) is 18.2 Å². The van der Waals surface area contributed by atoms with Crippen LogP contribution in [-0.2, 0) is 20.0 Å². The first-order valence-corrected chi connectivity index (χ1v) is 11.8. The summed E-state index contributed by atoms with van der Waals surface area (Å²) >= 11 is 1.47. The zero-order valence-electron chi connectivity index (χ0n) is 15.3. The Bertz CT molecular complexity index is 933. The molecule has 0 N–H and O–H groups in total. The van der Waals surface area contributed by atoms with Crippen molar-refractivity contribution in [1.82, 2.24) is 4.90 Å². The number of methoxy groups -OCH3 is 1. The number of benzene rings is 1. The number of hydrogen-bond acceptors (Lipinski definition) is 5. The summed E-state index contributed by atoms with van der Waals surface area (Å²) < 4.78 is 31.0. The molecule has 2 fully saturated rings. The van der Waals surface area contributed by atoms with E-state index in [2.05, 4.69) is 0 Å². The van der Waals surface area contributed by atoms with E-state index in [4.69, 9.17) is 4.74 Å². The van der Waals surface area contributed by atoms with Crippen LogP contribution in [0, 0.1) is 0 Å². The molecule has 1 saturated carbocycles. The molecule has 4 rings (SSSR count). The van der Waals surface area contributed by atoms with Crippen LogP contribution in [0.25, 0.3) is 0 Å². The van der Waals surface area contributed by atoms with Crippen LogP contribution < -0.4 is 4.74 Å². The number of rotatable bonds is 4. The van der Waals surface area contributed by atoms with Crippen molar-refractivity contribution in [3.8, 4) is 5.75 Å². The minimum Gasteiger partial charge on any atom is -0.496 e. The van der Waals surface area contributed by atoms with E-state index in [9.17, 15) is 13.2 Å². The molecule has 27 heavy (non-hydrogen) atoms. The quantitative estimate of drug-likeness (QED) is 0.784. The van der Waals surface area contributed by atoms with E-state index in [0.717, 1.165) is 29.0 Å². The number of sulfone groups is 1. The van der Waals surface area contributed by atoms with E-state index in [0.29, 0.717) is 13.0 Å². The van der Waals surface area contributed by atoms with Gasteiger partial charge in [0.05, 0.1) is 23.5 Å². The van der Waals surface area contributed by atoms with Gasteiger partial charge in [0, 0.05) is 23.5 Å². The van der Waals surface area contributed by atoms with Gasteiger partial charge in [0.1, 0.15) is 5.75 Å². The Balaban J connectivity index is 1.58. The number of hydrogen-bond donors (Lipinski definition) is 0. The lowest BCUT2D eigenvalue weighted by atomic mass is 9.93. The Kier molecular flexibility index (Phi) is 4.76. The lowest BCUT2D eigenvalue weighted by Crippen LogP contribution is -2.41. The Morgan fingerprint density at radius 2 is 1.96 bits per heavy atom. The van der Waals surface area contributed by atoms with Crippen LogP contribution in [0.15, 0.2) is 41.8 Å². The van der Waals surface area contributed by atoms with Gasteiger partial charge in [-0.15, -0.1) is 11.3 Å². The molecule has 144 valence electrons. The fourth-order valence-electron chi connectivity index (χ4n) is 4.01. The average molecular weight is 406 g/mol. The molecule has 1 aliphatic heterocycles. The fraction of sp³-hybridized carbons (Fsp3) is 0.450. The monoisotopic (exact) mass is 405 g/mol. The van der Waals surface area contributed by atoms with Crippen molar-refractivity contribution in [2.75, 3.05) is 26.0 Å². The van der Waals surface area contributed by atoms with Crippen LogP contribution in [0.4, 0.5) is 0 Å². The number of thiophene rings is 1. The van der Waals surface area contributed by atoms with Crippen LogP contribution in [0.5, 0.6) is 5.75 Å². The van der Waals surface area contributed by atoms with Gasteiger partial charge < -0.3 is 9.64 Å². The third kappa shape index (κ3) is 3.27. The normalized spacial score (nSPS) is 23.4. The number of para-hydroxylation sites is 1. The van der Waals surface area contributed by atoms with Gasteiger partial charge in [-0.3, -0.25) is 4.79 Å². The molecule has 2 aliphatic rings. The Morgan fingerprint density at radius 1 is 1.19 bits per heavy atom. The minimum absolute atomic E-state index is 0.0172. The van der Waals surface area contributed by atoms with Crippen LogP contribution in [0.1, 0.15) is 35.0 Å². The molecule has 1 amide bonds. The first kappa shape index (κ1) is 18.5. The molecular weight excluding hydrogens is 382 g/mol. The smallest absolute Gasteiger partial charge is 0.233 e. The van der Waals surface area contributed by atoms with Gasteiger partial charge in [0.25, 0.3) is 0 Å². The molecule has 5 nitrogen and oxygen atoms in total. The van der Waals surface area contributed by atoms with Crippen LogP contribution in [-0.4, -0.2) is 45.2 Å². The van der Waals surface area contributed by atoms with Gasteiger partial charge in [0.2, 0.25) is 5.91 Å². The summed E-state index contributed by atoms with van der Waals surface area (Å²) in [5, 5.41) is 1.40. The molecule has 0 bridgehead atoms. The maximum atomic E-state index is 13.4. The number of carbonyl (C=O) groups excluding carboxylic acids is 1. The highest BCUT2D eigenvalue weighted by Gasteiger charge is 2.54. The van der Waals surface area contributed by atoms with Crippen LogP contribution in [0.3, 0.4) is 0 Å². The standard InChI is InChI=1S/C20H23NO4S2/c1-25-16-6-3-2-5-15(16)20(9-10-20)19(22)21-11-8-18(17-7-4-13-26-17)27(23,24)14-12-21/h2-7,13,18H,8-12,14H2,1H3. The number of nitrogens with zero attached hydrogens (tertiary/aromatic N) is 1. The molecule has 0 spiro atoms. The molecule has 1 aromatic carbocycles. The second-order valence-electron chi connectivity index (χ2n) is 7.23. The highest BCUT2D eigenvalue weighted by molar-refractivity contribution is 7.91. The van der Waals surface area contributed by atoms with Gasteiger partial charge in [-0.25, -0.2) is 8.42 Å². The first-order valence-electron chi connectivity index (χ1n) is 9.16. The predicted octanol–water partition coefficient (Wildman–Crippen LogP) is 3.18. The first-order chi connectivity index (χ1) is 13.0. The van der Waals surface area contributed by atoms with Crippen molar-refractivity contribution in [3.05, 3.63) is 52.2 Å². The van der Waals surface area contributed by atoms with E-state index < -0.39 is 20.5 Å². The van der Waals surface area contributed by atoms with Gasteiger partial charge >= 0.3 is 0 Å². The minimum atomic E-state index is -3.26. The average Bonchev–Trinajstić information content (AvgIpc) is 3.35. The Hall–Kier alpha value is -1.86. The molecule has 0 radical (unpaired) electrons. The van der Waals surface area contributed by atoms with Crippen molar-refractivity contribution in [2.24, 2.45) is 0 Å². The highest BCUT2D eigenvalue weighted by atomic mass is 32.2. The maximum Gasteiger partial charge on any atom is 0.233 e. The lowest BCUT2D eigenvalue weighted by molar-refractivity contribution is -0.133. The van der Waals surface area contributed by atoms with Gasteiger partial charge in [-0.05, 0) is 36.8 Å². The van der Waals surface area contributed by atoms with Crippen LogP contribution in [0.2, 0.25) is 0 Å². The van der Waals surface area contributed by atoms with Crippen molar-refractivity contribution < 1.29 is 17.9 Å². The Morgan fingerprint density at radius 3 is 2.63 bits per heavy atom. The molecule has 1 aliphatic carbocycles. The summed E-state index contributed by atoms with van der Waals surface area (Å²) in [6.45, 7) is 0.734. The van der Waals surface area contributed by atoms with E-state index in [1.807, 2.05) is 41.8 Å². The van der Waals surface area contributed by atoms with Crippen molar-refractivity contribution in [3.63, 3.8) is 0 Å². The topological polar surface area (TPSA) is 63.7 Å². The third-order valence-electron chi connectivity index (χ3n) is 5.67. The van der Waals surface area contributed by atoms with E-state index in [1.165, 1.54) is 11.3 Å². The molecule has 1 saturated heterocycles. The highest BCUT2D eigenvalue weighted by Crippen LogP contribution is 2.52. The van der Waals surface area contributed by atoms with Gasteiger partial charge in [-0.1, -0.05) is 24.3 Å². The van der Waals surface area contributed by atoms with E-state index in [1.54, 1.807) is 12.0 Å². The largest absolute Gasteiger partial charge is 0.496 e. The number of ether oxygens (including phenoxy) is 1. The van der Waals surface area contributed by atoms with Gasteiger partial charge in [-0.2, -0.15) is 0 Å². The van der Waals surface area contributed by atoms with E-state index >= 15 is 0 Å². The molecular formula is C20H23NO4S2. The molecule has 1 unspecified atom stereocenters. The summed E-state index contributed by atoms with van der Waals surface area (Å²) in [6, 6.07) is 11.4. The second-order valence-corrected chi connectivity index (χ2v) is 10.5. The summed E-state index contributed by atoms with van der Waals surface area (Å²) in [6.07, 6.45) is 2.02. The summed E-state index contributed by atoms with van der Waals surface area (Å²) in [7, 11) is -1.65. The van der Waals surface area contributed by atoms with Crippen molar-refractivity contribution in [2.45, 2.75) is 29.9 Å². The van der Waals surface area contributed by atoms with Crippen LogP contribution >= 0.6 is 11.3 Å². The van der Waals surface area contributed by atoms with Crippen molar-refractivity contribution in [1.29, 1.82) is 0 Å². The fourth-order valence-corrected chi connectivity index (χ4v) is 7.01. The molecule has 2 heterocycles. The SMILES string of the molecule is COc1ccccc1C1(C(=O)N2CCC(c3cccs3)S(=O)(=O)CC2)CC1. The van der Waals surface area contributed by atoms with Gasteiger partial charge in [0.15, 0.2) is 9.84 Å². The second kappa shape index (κ2) is 6.95. The predicted molar refractivity (Wildman–Crippen MR) is 106 cm³/mol. The molecule has 2 aromatic rings. The molecule has 1 atom stereocenters. The van der Waals surface area contributed by atoms with Crippen molar-refractivity contribution >= 4 is 27.1 Å². The summed E-state index contributed by atoms with van der Waals surface area (Å²) in [5.74, 6) is 0.778. The number of amides is 1. The maximum absolute atomic E-state index is 13.4. The summed E-state index contributed by atoms with van der Waals surface area (Å²) in [4.78, 5) is 16.0. The summed E-state index contributed by atoms with van der Waals surface area (Å²) in [5.41, 5.74) is 0.360. The zero-order valence-corrected chi connectivity index (χ0v) is 16.9.